The van der Waals surface area contributed by atoms with E-state index in [9.17, 15) is 0 Å². The molecule has 0 radical (unpaired) electrons. The molecule has 0 amide bonds. The zero-order valence-corrected chi connectivity index (χ0v) is 6.32. The fraction of sp³-hybridized carbons (Fsp3) is 0. The molecule has 50 valence electrons. The van der Waals surface area contributed by atoms with E-state index in [2.05, 4.69) is 20.9 Å². The SMILES string of the molecule is [2H]c1nc2c(Br)c([2H])c([2H])c([2H])c2o1. The van der Waals surface area contributed by atoms with E-state index in [4.69, 9.17) is 9.90 Å². The molecule has 1 heterocycles. The Morgan fingerprint density at radius 1 is 1.60 bits per heavy atom. The summed E-state index contributed by atoms with van der Waals surface area (Å²) in [5.41, 5.74) is 0.323. The first-order valence-electron chi connectivity index (χ1n) is 4.54. The van der Waals surface area contributed by atoms with Crippen molar-refractivity contribution in [2.24, 2.45) is 0 Å². The first-order valence-corrected chi connectivity index (χ1v) is 3.34. The van der Waals surface area contributed by atoms with Crippen LogP contribution in [0.4, 0.5) is 0 Å². The molecular weight excluding hydrogens is 194 g/mol. The maximum Gasteiger partial charge on any atom is 0.182 e. The molecule has 3 heteroatoms. The fourth-order valence-electron chi connectivity index (χ4n) is 0.649. The molecule has 0 spiro atoms. The summed E-state index contributed by atoms with van der Waals surface area (Å²) in [6, 6.07) is -0.560. The molecule has 0 aliphatic heterocycles. The summed E-state index contributed by atoms with van der Waals surface area (Å²) in [5, 5.41) is 0. The Bertz CT molecular complexity index is 479. The molecule has 0 unspecified atom stereocenters. The number of benzene rings is 1. The normalized spacial score (nSPS) is 16.1. The Labute approximate surface area is 71.6 Å². The lowest BCUT2D eigenvalue weighted by atomic mass is 10.3. The number of rotatable bonds is 0. The number of hydrogen-bond acceptors (Lipinski definition) is 2. The van der Waals surface area contributed by atoms with Crippen molar-refractivity contribution in [2.75, 3.05) is 0 Å². The van der Waals surface area contributed by atoms with E-state index in [-0.39, 0.29) is 40.1 Å². The van der Waals surface area contributed by atoms with Gasteiger partial charge in [0.25, 0.3) is 0 Å². The molecule has 0 atom stereocenters. The summed E-state index contributed by atoms with van der Waals surface area (Å²) in [5.74, 6) is 0. The molecule has 0 fully saturated rings. The monoisotopic (exact) mass is 201 g/mol. The lowest BCUT2D eigenvalue weighted by Crippen LogP contribution is -1.67. The van der Waals surface area contributed by atoms with Crippen molar-refractivity contribution < 1.29 is 9.90 Å². The molecule has 2 rings (SSSR count). The lowest BCUT2D eigenvalue weighted by molar-refractivity contribution is 0.602. The van der Waals surface area contributed by atoms with Gasteiger partial charge in [0.05, 0.1) is 4.11 Å². The fourth-order valence-corrected chi connectivity index (χ4v) is 1.02. The van der Waals surface area contributed by atoms with Crippen LogP contribution >= 0.6 is 15.9 Å². The summed E-state index contributed by atoms with van der Waals surface area (Å²) >= 11 is 3.08. The molecule has 2 nitrogen and oxygen atoms in total. The molecule has 0 bridgehead atoms. The molecule has 10 heavy (non-hydrogen) atoms. The van der Waals surface area contributed by atoms with Crippen LogP contribution in [0.2, 0.25) is 0 Å². The average molecular weight is 202 g/mol. The molecule has 2 aromatic rings. The maximum atomic E-state index is 7.49. The van der Waals surface area contributed by atoms with Crippen LogP contribution in [-0.4, -0.2) is 4.98 Å². The molecule has 0 saturated heterocycles. The molecule has 0 saturated carbocycles. The van der Waals surface area contributed by atoms with Gasteiger partial charge in [0.1, 0.15) is 6.89 Å². The number of fused-ring (bicyclic) bond motifs is 1. The quantitative estimate of drug-likeness (QED) is 0.656. The Morgan fingerprint density at radius 3 is 3.40 bits per heavy atom. The van der Waals surface area contributed by atoms with Crippen LogP contribution in [-0.2, 0) is 0 Å². The number of hydrogen-bond donors (Lipinski definition) is 0. The number of aromatic nitrogens is 1. The summed E-state index contributed by atoms with van der Waals surface area (Å²) in [7, 11) is 0. The summed E-state index contributed by atoms with van der Waals surface area (Å²) in [6.45, 7) is 0. The van der Waals surface area contributed by atoms with Gasteiger partial charge in [0.15, 0.2) is 12.0 Å². The highest BCUT2D eigenvalue weighted by Crippen LogP contribution is 2.21. The van der Waals surface area contributed by atoms with Gasteiger partial charge in [-0.15, -0.1) is 0 Å². The maximum absolute atomic E-state index is 7.49. The van der Waals surface area contributed by atoms with Crippen molar-refractivity contribution in [1.29, 1.82) is 0 Å². The third kappa shape index (κ3) is 0.743. The molecule has 0 aliphatic carbocycles. The second-order valence-electron chi connectivity index (χ2n) is 1.67. The highest BCUT2D eigenvalue weighted by atomic mass is 79.9. The van der Waals surface area contributed by atoms with Gasteiger partial charge in [-0.2, -0.15) is 0 Å². The van der Waals surface area contributed by atoms with Gasteiger partial charge in [-0.3, -0.25) is 0 Å². The van der Waals surface area contributed by atoms with E-state index in [0.29, 0.717) is 0 Å². The van der Waals surface area contributed by atoms with Gasteiger partial charge < -0.3 is 4.42 Å². The van der Waals surface area contributed by atoms with Gasteiger partial charge in [-0.25, -0.2) is 4.98 Å². The van der Waals surface area contributed by atoms with Crippen molar-refractivity contribution >= 4 is 27.0 Å². The van der Waals surface area contributed by atoms with E-state index < -0.39 is 0 Å². The molecule has 0 N–H and O–H groups in total. The third-order valence-electron chi connectivity index (χ3n) is 1.08. The number of halogens is 1. The van der Waals surface area contributed by atoms with E-state index in [1.807, 2.05) is 0 Å². The Kier molecular flexibility index (Phi) is 0.638. The highest BCUT2D eigenvalue weighted by molar-refractivity contribution is 9.10. The van der Waals surface area contributed by atoms with Gasteiger partial charge >= 0.3 is 0 Å². The van der Waals surface area contributed by atoms with E-state index in [1.165, 1.54) is 0 Å². The largest absolute Gasteiger partial charge is 0.443 e. The highest BCUT2D eigenvalue weighted by Gasteiger charge is 1.99. The molecular formula is C7H4BrNO. The van der Waals surface area contributed by atoms with Crippen LogP contribution in [0.25, 0.3) is 11.1 Å². The summed E-state index contributed by atoms with van der Waals surface area (Å²) in [6.07, 6.45) is -0.320. The Balaban J connectivity index is 3.01. The van der Waals surface area contributed by atoms with Gasteiger partial charge in [0.2, 0.25) is 0 Å². The predicted octanol–water partition coefficient (Wildman–Crippen LogP) is 2.59. The number of nitrogens with zero attached hydrogens (tertiary/aromatic N) is 1. The van der Waals surface area contributed by atoms with Crippen molar-refractivity contribution in [3.8, 4) is 0 Å². The number of para-hydroxylation sites is 1. The number of oxazole rings is 1. The van der Waals surface area contributed by atoms with Gasteiger partial charge in [-0.05, 0) is 28.0 Å². The van der Waals surface area contributed by atoms with Crippen LogP contribution in [0.1, 0.15) is 5.48 Å². The molecule has 1 aromatic carbocycles. The van der Waals surface area contributed by atoms with Crippen LogP contribution < -0.4 is 0 Å². The molecule has 0 aliphatic rings. The first-order chi connectivity index (χ1) is 6.52. The Hall–Kier alpha value is -0.830. The second kappa shape index (κ2) is 2.09. The van der Waals surface area contributed by atoms with E-state index in [1.54, 1.807) is 0 Å². The van der Waals surface area contributed by atoms with Crippen LogP contribution in [0.3, 0.4) is 0 Å². The first kappa shape index (κ1) is 3.05. The smallest absolute Gasteiger partial charge is 0.182 e. The average Bonchev–Trinajstić information content (AvgIpc) is 2.54. The van der Waals surface area contributed by atoms with Gasteiger partial charge in [-0.1, -0.05) is 6.04 Å². The topological polar surface area (TPSA) is 26.0 Å². The van der Waals surface area contributed by atoms with E-state index in [0.717, 1.165) is 0 Å². The second-order valence-corrected chi connectivity index (χ2v) is 2.46. The zero-order chi connectivity index (χ0) is 10.5. The lowest BCUT2D eigenvalue weighted by Gasteiger charge is -1.86. The zero-order valence-electron chi connectivity index (χ0n) is 8.73. The van der Waals surface area contributed by atoms with Crippen molar-refractivity contribution in [3.63, 3.8) is 0 Å². The minimum absolute atomic E-state index is 0.0721. The van der Waals surface area contributed by atoms with E-state index >= 15 is 0 Å². The standard InChI is InChI=1S/C7H4BrNO/c8-5-2-1-3-6-7(5)9-4-10-6/h1-4H/i1D,2D,3D,4D. The van der Waals surface area contributed by atoms with Crippen LogP contribution in [0.5, 0.6) is 0 Å². The van der Waals surface area contributed by atoms with Crippen LogP contribution in [0.15, 0.2) is 33.4 Å². The summed E-state index contributed by atoms with van der Waals surface area (Å²) in [4.78, 5) is 3.71. The molecule has 1 aromatic heterocycles. The minimum Gasteiger partial charge on any atom is -0.443 e. The van der Waals surface area contributed by atoms with Crippen molar-refractivity contribution in [2.45, 2.75) is 0 Å². The van der Waals surface area contributed by atoms with Gasteiger partial charge in [0, 0.05) is 4.47 Å². The van der Waals surface area contributed by atoms with Crippen LogP contribution in [0, 0.1) is 0 Å². The predicted molar refractivity (Wildman–Crippen MR) is 41.7 cm³/mol. The Morgan fingerprint density at radius 2 is 2.50 bits per heavy atom. The van der Waals surface area contributed by atoms with Crippen molar-refractivity contribution in [3.05, 3.63) is 29.0 Å². The summed E-state index contributed by atoms with van der Waals surface area (Å²) < 4.78 is 34.7. The third-order valence-corrected chi connectivity index (χ3v) is 1.65. The minimum atomic E-state index is -0.320. The van der Waals surface area contributed by atoms with Crippen molar-refractivity contribution in [1.82, 2.24) is 4.98 Å².